The quantitative estimate of drug-likeness (QED) is 0.667. The van der Waals surface area contributed by atoms with E-state index in [2.05, 4.69) is 12.2 Å². The number of nitrogens with zero attached hydrogens (tertiary/aromatic N) is 1. The van der Waals surface area contributed by atoms with E-state index < -0.39 is 0 Å². The van der Waals surface area contributed by atoms with E-state index >= 15 is 0 Å². The Labute approximate surface area is 78.9 Å². The molecular formula is C8H16N2OS. The smallest absolute Gasteiger partial charge is 0.229 e. The van der Waals surface area contributed by atoms with Crippen molar-refractivity contribution in [3.05, 3.63) is 0 Å². The van der Waals surface area contributed by atoms with Crippen molar-refractivity contribution in [2.75, 3.05) is 6.54 Å². The maximum atomic E-state index is 11.4. The van der Waals surface area contributed by atoms with E-state index in [1.165, 1.54) is 0 Å². The molecule has 0 aliphatic heterocycles. The maximum Gasteiger partial charge on any atom is 0.229 e. The van der Waals surface area contributed by atoms with Crippen LogP contribution in [-0.2, 0) is 4.79 Å². The van der Waals surface area contributed by atoms with Gasteiger partial charge in [0, 0.05) is 12.6 Å². The molecule has 12 heavy (non-hydrogen) atoms. The predicted octanol–water partition coefficient (Wildman–Crippen LogP) is 0.920. The van der Waals surface area contributed by atoms with Gasteiger partial charge in [-0.3, -0.25) is 4.79 Å². The lowest BCUT2D eigenvalue weighted by Gasteiger charge is -2.24. The topological polar surface area (TPSA) is 46.3 Å². The lowest BCUT2D eigenvalue weighted by Crippen LogP contribution is -2.38. The van der Waals surface area contributed by atoms with Gasteiger partial charge >= 0.3 is 0 Å². The minimum absolute atomic E-state index is 0.0139. The Bertz CT molecular complexity index is 180. The van der Waals surface area contributed by atoms with E-state index in [1.54, 1.807) is 4.90 Å². The third-order valence-corrected chi connectivity index (χ3v) is 1.75. The first-order chi connectivity index (χ1) is 5.49. The zero-order chi connectivity index (χ0) is 9.72. The monoisotopic (exact) mass is 188 g/mol. The van der Waals surface area contributed by atoms with Crippen LogP contribution in [0, 0.1) is 0 Å². The van der Waals surface area contributed by atoms with Crippen LogP contribution in [0.3, 0.4) is 0 Å². The fourth-order valence-electron chi connectivity index (χ4n) is 1.08. The van der Waals surface area contributed by atoms with Gasteiger partial charge in [-0.15, -0.1) is 0 Å². The maximum absolute atomic E-state index is 11.4. The number of nitrogens with two attached hydrogens (primary N) is 1. The minimum atomic E-state index is 0.0139. The van der Waals surface area contributed by atoms with Crippen LogP contribution in [0.25, 0.3) is 0 Å². The van der Waals surface area contributed by atoms with Gasteiger partial charge < -0.3 is 10.6 Å². The van der Waals surface area contributed by atoms with E-state index in [4.69, 9.17) is 5.73 Å². The van der Waals surface area contributed by atoms with Crippen molar-refractivity contribution >= 4 is 23.1 Å². The normalized spacial score (nSPS) is 10.0. The van der Waals surface area contributed by atoms with Crippen LogP contribution in [0.4, 0.5) is 0 Å². The molecule has 4 heteroatoms. The Kier molecular flexibility index (Phi) is 4.81. The third kappa shape index (κ3) is 3.67. The molecule has 0 saturated carbocycles. The lowest BCUT2D eigenvalue weighted by atomic mass is 10.2. The Balaban J connectivity index is 4.12. The first-order valence-corrected chi connectivity index (χ1v) is 4.47. The summed E-state index contributed by atoms with van der Waals surface area (Å²) < 4.78 is 0. The van der Waals surface area contributed by atoms with Crippen LogP contribution in [0.2, 0.25) is 0 Å². The second kappa shape index (κ2) is 5.09. The molecule has 0 aromatic heterocycles. The highest BCUT2D eigenvalue weighted by atomic mass is 32.1. The van der Waals surface area contributed by atoms with Crippen LogP contribution >= 0.6 is 12.2 Å². The summed E-state index contributed by atoms with van der Waals surface area (Å²) in [6, 6.07) is 0.219. The molecule has 0 rings (SSSR count). The number of carbonyl (C=O) groups is 1. The zero-order valence-electron chi connectivity index (χ0n) is 7.83. The molecule has 0 aliphatic rings. The first kappa shape index (κ1) is 11.4. The van der Waals surface area contributed by atoms with Crippen molar-refractivity contribution in [3.63, 3.8) is 0 Å². The first-order valence-electron chi connectivity index (χ1n) is 4.06. The van der Waals surface area contributed by atoms with E-state index in [0.29, 0.717) is 6.54 Å². The number of hydrogen-bond acceptors (Lipinski definition) is 2. The van der Waals surface area contributed by atoms with Gasteiger partial charge in [-0.25, -0.2) is 0 Å². The molecule has 70 valence electrons. The summed E-state index contributed by atoms with van der Waals surface area (Å²) in [7, 11) is 0. The summed E-state index contributed by atoms with van der Waals surface area (Å²) >= 11 is 4.66. The molecule has 0 spiro atoms. The summed E-state index contributed by atoms with van der Waals surface area (Å²) in [6.07, 6.45) is 0.182. The Hall–Kier alpha value is -0.640. The van der Waals surface area contributed by atoms with E-state index in [0.717, 1.165) is 0 Å². The van der Waals surface area contributed by atoms with Crippen molar-refractivity contribution < 1.29 is 4.79 Å². The Morgan fingerprint density at radius 1 is 1.58 bits per heavy atom. The number of amides is 1. The van der Waals surface area contributed by atoms with Crippen molar-refractivity contribution in [2.45, 2.75) is 33.2 Å². The van der Waals surface area contributed by atoms with Crippen LogP contribution in [0.15, 0.2) is 0 Å². The summed E-state index contributed by atoms with van der Waals surface area (Å²) in [5.41, 5.74) is 5.27. The van der Waals surface area contributed by atoms with Crippen molar-refractivity contribution in [1.29, 1.82) is 0 Å². The van der Waals surface area contributed by atoms with Gasteiger partial charge in [0.1, 0.15) is 0 Å². The molecule has 2 N–H and O–H groups in total. The molecule has 0 fully saturated rings. The van der Waals surface area contributed by atoms with Crippen LogP contribution in [0.5, 0.6) is 0 Å². The van der Waals surface area contributed by atoms with Gasteiger partial charge in [-0.2, -0.15) is 0 Å². The average Bonchev–Trinajstić information content (AvgIpc) is 1.85. The highest BCUT2D eigenvalue weighted by Crippen LogP contribution is 2.00. The van der Waals surface area contributed by atoms with Crippen LogP contribution < -0.4 is 5.73 Å². The molecule has 0 aromatic carbocycles. The SMILES string of the molecule is CCN(C(=O)CC(N)=S)C(C)C. The van der Waals surface area contributed by atoms with Gasteiger partial charge in [0.2, 0.25) is 5.91 Å². The fraction of sp³-hybridized carbons (Fsp3) is 0.750. The van der Waals surface area contributed by atoms with Crippen molar-refractivity contribution in [1.82, 2.24) is 4.90 Å². The van der Waals surface area contributed by atoms with Gasteiger partial charge in [0.05, 0.1) is 11.4 Å². The predicted molar refractivity (Wildman–Crippen MR) is 53.9 cm³/mol. The molecule has 0 radical (unpaired) electrons. The minimum Gasteiger partial charge on any atom is -0.393 e. The number of carbonyl (C=O) groups excluding carboxylic acids is 1. The van der Waals surface area contributed by atoms with Gasteiger partial charge in [-0.05, 0) is 20.8 Å². The molecule has 1 amide bonds. The Morgan fingerprint density at radius 3 is 2.33 bits per heavy atom. The molecule has 0 aliphatic carbocycles. The summed E-state index contributed by atoms with van der Waals surface area (Å²) in [6.45, 7) is 6.60. The largest absolute Gasteiger partial charge is 0.393 e. The number of thiocarbonyl (C=S) groups is 1. The molecule has 0 atom stereocenters. The third-order valence-electron chi connectivity index (χ3n) is 1.61. The molecular weight excluding hydrogens is 172 g/mol. The van der Waals surface area contributed by atoms with Crippen LogP contribution in [0.1, 0.15) is 27.2 Å². The number of hydrogen-bond donors (Lipinski definition) is 1. The molecule has 0 saturated heterocycles. The fourth-order valence-corrected chi connectivity index (χ4v) is 1.20. The summed E-state index contributed by atoms with van der Waals surface area (Å²) in [5, 5.41) is 0. The Morgan fingerprint density at radius 2 is 2.08 bits per heavy atom. The molecule has 0 bridgehead atoms. The second-order valence-electron chi connectivity index (χ2n) is 2.92. The van der Waals surface area contributed by atoms with Crippen molar-refractivity contribution in [2.24, 2.45) is 5.73 Å². The molecule has 0 heterocycles. The zero-order valence-corrected chi connectivity index (χ0v) is 8.65. The highest BCUT2D eigenvalue weighted by Gasteiger charge is 2.14. The van der Waals surface area contributed by atoms with E-state index in [-0.39, 0.29) is 23.4 Å². The van der Waals surface area contributed by atoms with E-state index in [9.17, 15) is 4.79 Å². The van der Waals surface area contributed by atoms with Gasteiger partial charge in [0.15, 0.2) is 0 Å². The molecule has 0 unspecified atom stereocenters. The van der Waals surface area contributed by atoms with Crippen LogP contribution in [-0.4, -0.2) is 28.4 Å². The van der Waals surface area contributed by atoms with Gasteiger partial charge in [-0.1, -0.05) is 12.2 Å². The summed E-state index contributed by atoms with van der Waals surface area (Å²) in [4.78, 5) is 13.4. The van der Waals surface area contributed by atoms with E-state index in [1.807, 2.05) is 20.8 Å². The standard InChI is InChI=1S/C8H16N2OS/c1-4-10(6(2)3)8(11)5-7(9)12/h6H,4-5H2,1-3H3,(H2,9,12). The number of rotatable bonds is 4. The van der Waals surface area contributed by atoms with Gasteiger partial charge in [0.25, 0.3) is 0 Å². The lowest BCUT2D eigenvalue weighted by molar-refractivity contribution is -0.131. The molecule has 3 nitrogen and oxygen atoms in total. The molecule has 0 aromatic rings. The highest BCUT2D eigenvalue weighted by molar-refractivity contribution is 7.80. The second-order valence-corrected chi connectivity index (χ2v) is 3.44. The average molecular weight is 188 g/mol. The summed E-state index contributed by atoms with van der Waals surface area (Å²) in [5.74, 6) is 0.0139. The van der Waals surface area contributed by atoms with Crippen molar-refractivity contribution in [3.8, 4) is 0 Å².